The molecule has 0 aliphatic rings. The van der Waals surface area contributed by atoms with Crippen LogP contribution in [0, 0.1) is 0 Å². The van der Waals surface area contributed by atoms with Crippen molar-refractivity contribution in [2.24, 2.45) is 0 Å². The van der Waals surface area contributed by atoms with Crippen LogP contribution >= 0.6 is 15.9 Å². The number of methoxy groups -OCH3 is 1. The standard InChI is InChI=1S/C11H13BrO2/c1-14-11-5-3-2-4-9(11)6-7-10(13)8-12/h2-5H,6-8H2,1H3. The molecule has 0 atom stereocenters. The number of carbonyl (C=O) groups is 1. The Balaban J connectivity index is 2.61. The minimum Gasteiger partial charge on any atom is -0.496 e. The molecule has 0 saturated carbocycles. The van der Waals surface area contributed by atoms with E-state index in [1.807, 2.05) is 24.3 Å². The first-order valence-electron chi connectivity index (χ1n) is 4.47. The molecule has 0 aliphatic carbocycles. The zero-order valence-corrected chi connectivity index (χ0v) is 9.71. The topological polar surface area (TPSA) is 26.3 Å². The maximum Gasteiger partial charge on any atom is 0.143 e. The SMILES string of the molecule is COc1ccccc1CCC(=O)CBr. The lowest BCUT2D eigenvalue weighted by Crippen LogP contribution is -2.01. The van der Waals surface area contributed by atoms with E-state index in [1.54, 1.807) is 7.11 Å². The van der Waals surface area contributed by atoms with Gasteiger partial charge < -0.3 is 4.74 Å². The van der Waals surface area contributed by atoms with E-state index < -0.39 is 0 Å². The minimum atomic E-state index is 0.218. The summed E-state index contributed by atoms with van der Waals surface area (Å²) in [5.74, 6) is 1.07. The van der Waals surface area contributed by atoms with E-state index in [0.29, 0.717) is 11.8 Å². The van der Waals surface area contributed by atoms with Gasteiger partial charge >= 0.3 is 0 Å². The average Bonchev–Trinajstić information content (AvgIpc) is 2.26. The molecule has 0 spiro atoms. The van der Waals surface area contributed by atoms with E-state index in [0.717, 1.165) is 17.7 Å². The van der Waals surface area contributed by atoms with Crippen molar-refractivity contribution in [3.63, 3.8) is 0 Å². The van der Waals surface area contributed by atoms with Gasteiger partial charge in [-0.2, -0.15) is 0 Å². The maximum atomic E-state index is 11.1. The second kappa shape index (κ2) is 5.81. The fourth-order valence-electron chi connectivity index (χ4n) is 1.25. The molecule has 2 nitrogen and oxygen atoms in total. The van der Waals surface area contributed by atoms with Gasteiger partial charge in [0.1, 0.15) is 11.5 Å². The van der Waals surface area contributed by atoms with Gasteiger partial charge in [0.15, 0.2) is 0 Å². The summed E-state index contributed by atoms with van der Waals surface area (Å²) >= 11 is 3.14. The minimum absolute atomic E-state index is 0.218. The van der Waals surface area contributed by atoms with Gasteiger partial charge in [-0.25, -0.2) is 0 Å². The van der Waals surface area contributed by atoms with Crippen LogP contribution in [0.3, 0.4) is 0 Å². The number of benzene rings is 1. The highest BCUT2D eigenvalue weighted by atomic mass is 79.9. The highest BCUT2D eigenvalue weighted by molar-refractivity contribution is 9.09. The molecule has 0 radical (unpaired) electrons. The van der Waals surface area contributed by atoms with Crippen LogP contribution in [0.4, 0.5) is 0 Å². The highest BCUT2D eigenvalue weighted by Crippen LogP contribution is 2.18. The number of ether oxygens (including phenoxy) is 1. The first kappa shape index (κ1) is 11.2. The number of carbonyl (C=O) groups excluding carboxylic acids is 1. The Bertz CT molecular complexity index is 310. The molecule has 1 rings (SSSR count). The predicted molar refractivity (Wildman–Crippen MR) is 60.1 cm³/mol. The number of Topliss-reactive ketones (excluding diaryl/α,β-unsaturated/α-hetero) is 1. The van der Waals surface area contributed by atoms with Crippen LogP contribution in [0.5, 0.6) is 5.75 Å². The summed E-state index contributed by atoms with van der Waals surface area (Å²) in [5, 5.41) is 0.433. The second-order valence-corrected chi connectivity index (χ2v) is 3.54. The molecule has 76 valence electrons. The Kier molecular flexibility index (Phi) is 4.66. The predicted octanol–water partition coefficient (Wildman–Crippen LogP) is 2.59. The molecule has 1 aromatic rings. The number of hydrogen-bond acceptors (Lipinski definition) is 2. The van der Waals surface area contributed by atoms with Crippen LogP contribution in [0.1, 0.15) is 12.0 Å². The van der Waals surface area contributed by atoms with E-state index in [1.165, 1.54) is 0 Å². The number of hydrogen-bond donors (Lipinski definition) is 0. The van der Waals surface area contributed by atoms with E-state index in [4.69, 9.17) is 4.74 Å². The van der Waals surface area contributed by atoms with Crippen molar-refractivity contribution in [2.75, 3.05) is 12.4 Å². The molecule has 0 aromatic heterocycles. The van der Waals surface area contributed by atoms with Crippen LogP contribution in [-0.2, 0) is 11.2 Å². The zero-order chi connectivity index (χ0) is 10.4. The summed E-state index contributed by atoms with van der Waals surface area (Å²) < 4.78 is 5.19. The Morgan fingerprint density at radius 1 is 1.43 bits per heavy atom. The van der Waals surface area contributed by atoms with Crippen molar-refractivity contribution in [1.82, 2.24) is 0 Å². The first-order valence-corrected chi connectivity index (χ1v) is 5.59. The number of rotatable bonds is 5. The van der Waals surface area contributed by atoms with Crippen LogP contribution in [0.25, 0.3) is 0 Å². The molecule has 0 aliphatic heterocycles. The molecule has 0 unspecified atom stereocenters. The lowest BCUT2D eigenvalue weighted by Gasteiger charge is -2.06. The fourth-order valence-corrected chi connectivity index (χ4v) is 1.53. The first-order chi connectivity index (χ1) is 6.77. The Labute approximate surface area is 92.4 Å². The molecule has 0 heterocycles. The van der Waals surface area contributed by atoms with Gasteiger partial charge in [0.25, 0.3) is 0 Å². The largest absolute Gasteiger partial charge is 0.496 e. The van der Waals surface area contributed by atoms with Crippen molar-refractivity contribution >= 4 is 21.7 Å². The summed E-state index contributed by atoms with van der Waals surface area (Å²) in [5.41, 5.74) is 1.09. The van der Waals surface area contributed by atoms with Crippen LogP contribution < -0.4 is 4.74 Å². The lowest BCUT2D eigenvalue weighted by atomic mass is 10.1. The number of aryl methyl sites for hydroxylation is 1. The normalized spacial score (nSPS) is 9.86. The number of para-hydroxylation sites is 1. The van der Waals surface area contributed by atoms with Gasteiger partial charge in [0.05, 0.1) is 12.4 Å². The van der Waals surface area contributed by atoms with Crippen molar-refractivity contribution in [3.8, 4) is 5.75 Å². The maximum absolute atomic E-state index is 11.1. The van der Waals surface area contributed by atoms with Gasteiger partial charge in [0, 0.05) is 6.42 Å². The number of halogens is 1. The van der Waals surface area contributed by atoms with Gasteiger partial charge in [-0.1, -0.05) is 34.1 Å². The molecule has 1 aromatic carbocycles. The average molecular weight is 257 g/mol. The summed E-state index contributed by atoms with van der Waals surface area (Å²) in [4.78, 5) is 11.1. The highest BCUT2D eigenvalue weighted by Gasteiger charge is 2.04. The summed E-state index contributed by atoms with van der Waals surface area (Å²) in [7, 11) is 1.64. The van der Waals surface area contributed by atoms with Crippen molar-refractivity contribution in [2.45, 2.75) is 12.8 Å². The molecule has 3 heteroatoms. The number of alkyl halides is 1. The Morgan fingerprint density at radius 2 is 2.14 bits per heavy atom. The summed E-state index contributed by atoms with van der Waals surface area (Å²) in [6, 6.07) is 7.78. The molecule has 0 amide bonds. The summed E-state index contributed by atoms with van der Waals surface area (Å²) in [6.07, 6.45) is 1.31. The molecular formula is C11H13BrO2. The van der Waals surface area contributed by atoms with Gasteiger partial charge in [0.2, 0.25) is 0 Å². The molecule has 0 bridgehead atoms. The van der Waals surface area contributed by atoms with Gasteiger partial charge in [-0.15, -0.1) is 0 Å². The number of ketones is 1. The van der Waals surface area contributed by atoms with Crippen LogP contribution in [0.2, 0.25) is 0 Å². The second-order valence-electron chi connectivity index (χ2n) is 2.98. The smallest absolute Gasteiger partial charge is 0.143 e. The fraction of sp³-hybridized carbons (Fsp3) is 0.364. The molecule has 14 heavy (non-hydrogen) atoms. The Morgan fingerprint density at radius 3 is 2.79 bits per heavy atom. The molecule has 0 saturated heterocycles. The lowest BCUT2D eigenvalue weighted by molar-refractivity contribution is -0.116. The Hall–Kier alpha value is -0.830. The third kappa shape index (κ3) is 3.14. The molecule has 0 fully saturated rings. The van der Waals surface area contributed by atoms with Gasteiger partial charge in [-0.3, -0.25) is 4.79 Å². The van der Waals surface area contributed by atoms with Crippen molar-refractivity contribution in [3.05, 3.63) is 29.8 Å². The van der Waals surface area contributed by atoms with E-state index in [2.05, 4.69) is 15.9 Å². The third-order valence-electron chi connectivity index (χ3n) is 2.01. The van der Waals surface area contributed by atoms with Crippen molar-refractivity contribution < 1.29 is 9.53 Å². The van der Waals surface area contributed by atoms with E-state index in [-0.39, 0.29) is 5.78 Å². The van der Waals surface area contributed by atoms with E-state index >= 15 is 0 Å². The van der Waals surface area contributed by atoms with E-state index in [9.17, 15) is 4.79 Å². The summed E-state index contributed by atoms with van der Waals surface area (Å²) in [6.45, 7) is 0. The van der Waals surface area contributed by atoms with Gasteiger partial charge in [-0.05, 0) is 18.1 Å². The van der Waals surface area contributed by atoms with Crippen LogP contribution in [0.15, 0.2) is 24.3 Å². The quantitative estimate of drug-likeness (QED) is 0.758. The van der Waals surface area contributed by atoms with Crippen molar-refractivity contribution in [1.29, 1.82) is 0 Å². The van der Waals surface area contributed by atoms with Crippen LogP contribution in [-0.4, -0.2) is 18.2 Å². The zero-order valence-electron chi connectivity index (χ0n) is 8.13. The monoisotopic (exact) mass is 256 g/mol. The molecular weight excluding hydrogens is 244 g/mol. The molecule has 0 N–H and O–H groups in total. The third-order valence-corrected chi connectivity index (χ3v) is 2.64.